The van der Waals surface area contributed by atoms with Crippen LogP contribution in [0.5, 0.6) is 0 Å². The molecule has 1 heterocycles. The van der Waals surface area contributed by atoms with Crippen molar-refractivity contribution in [1.29, 1.82) is 0 Å². The quantitative estimate of drug-likeness (QED) is 0.862. The predicted molar refractivity (Wildman–Crippen MR) is 87.2 cm³/mol. The van der Waals surface area contributed by atoms with Gasteiger partial charge in [-0.25, -0.2) is 0 Å². The number of unbranched alkanes of at least 4 members (excludes halogenated alkanes) is 1. The first-order chi connectivity index (χ1) is 10.0. The van der Waals surface area contributed by atoms with Gasteiger partial charge in [0.05, 0.1) is 6.04 Å². The molecule has 0 radical (unpaired) electrons. The Morgan fingerprint density at radius 2 is 2.14 bits per heavy atom. The Morgan fingerprint density at radius 3 is 2.76 bits per heavy atom. The summed E-state index contributed by atoms with van der Waals surface area (Å²) in [5.41, 5.74) is 1.07. The molecule has 1 amide bonds. The third-order valence-electron chi connectivity index (χ3n) is 3.82. The molecule has 21 heavy (non-hydrogen) atoms. The molecule has 1 fully saturated rings. The van der Waals surface area contributed by atoms with Gasteiger partial charge in [-0.3, -0.25) is 10.1 Å². The van der Waals surface area contributed by atoms with Gasteiger partial charge in [-0.1, -0.05) is 57.3 Å². The molecular weight excluding hydrogens is 284 g/mol. The summed E-state index contributed by atoms with van der Waals surface area (Å²) in [5, 5.41) is 4.20. The van der Waals surface area contributed by atoms with E-state index in [1.165, 1.54) is 0 Å². The summed E-state index contributed by atoms with van der Waals surface area (Å²) in [6, 6.07) is 7.72. The minimum Gasteiger partial charge on any atom is -0.321 e. The van der Waals surface area contributed by atoms with Crippen LogP contribution in [0.15, 0.2) is 24.3 Å². The normalized spacial score (nSPS) is 22.3. The third kappa shape index (κ3) is 3.98. The molecule has 0 aliphatic carbocycles. The third-order valence-corrected chi connectivity index (χ3v) is 4.06. The Balaban J connectivity index is 2.22. The topological polar surface area (TPSA) is 32.3 Å². The van der Waals surface area contributed by atoms with Crippen molar-refractivity contribution in [1.82, 2.24) is 10.2 Å². The maximum Gasteiger partial charge on any atom is 0.241 e. The highest BCUT2D eigenvalue weighted by molar-refractivity contribution is 6.30. The fourth-order valence-electron chi connectivity index (χ4n) is 2.84. The van der Waals surface area contributed by atoms with Crippen molar-refractivity contribution < 1.29 is 4.79 Å². The fraction of sp³-hybridized carbons (Fsp3) is 0.588. The molecule has 0 saturated carbocycles. The maximum atomic E-state index is 12.6. The molecule has 2 unspecified atom stereocenters. The van der Waals surface area contributed by atoms with E-state index in [0.717, 1.165) is 31.4 Å². The largest absolute Gasteiger partial charge is 0.321 e. The number of halogens is 1. The highest BCUT2D eigenvalue weighted by Gasteiger charge is 2.39. The van der Waals surface area contributed by atoms with Crippen molar-refractivity contribution in [2.45, 2.75) is 52.2 Å². The van der Waals surface area contributed by atoms with E-state index in [2.05, 4.69) is 26.1 Å². The van der Waals surface area contributed by atoms with E-state index in [-0.39, 0.29) is 18.1 Å². The molecule has 1 N–H and O–H groups in total. The van der Waals surface area contributed by atoms with Crippen LogP contribution in [-0.2, 0) is 4.79 Å². The molecule has 1 aliphatic heterocycles. The molecule has 1 saturated heterocycles. The van der Waals surface area contributed by atoms with Gasteiger partial charge in [0.25, 0.3) is 0 Å². The van der Waals surface area contributed by atoms with Crippen molar-refractivity contribution in [3.8, 4) is 0 Å². The van der Waals surface area contributed by atoms with E-state index in [1.54, 1.807) is 0 Å². The average Bonchev–Trinajstić information content (AvgIpc) is 2.73. The zero-order valence-electron chi connectivity index (χ0n) is 13.1. The van der Waals surface area contributed by atoms with Gasteiger partial charge in [-0.15, -0.1) is 0 Å². The first kappa shape index (κ1) is 16.3. The van der Waals surface area contributed by atoms with Crippen LogP contribution < -0.4 is 5.32 Å². The molecule has 0 bridgehead atoms. The Labute approximate surface area is 132 Å². The highest BCUT2D eigenvalue weighted by Crippen LogP contribution is 2.29. The van der Waals surface area contributed by atoms with E-state index in [4.69, 9.17) is 11.6 Å². The number of nitrogens with zero attached hydrogens (tertiary/aromatic N) is 1. The fourth-order valence-corrected chi connectivity index (χ4v) is 3.03. The van der Waals surface area contributed by atoms with E-state index in [9.17, 15) is 4.79 Å². The Hall–Kier alpha value is -1.06. The smallest absolute Gasteiger partial charge is 0.241 e. The molecule has 2 atom stereocenters. The number of hydrogen-bond donors (Lipinski definition) is 1. The lowest BCUT2D eigenvalue weighted by Gasteiger charge is -2.26. The lowest BCUT2D eigenvalue weighted by molar-refractivity contribution is -0.130. The number of hydrogen-bond acceptors (Lipinski definition) is 2. The average molecular weight is 309 g/mol. The SMILES string of the molecule is CCCCC1NC(c2cccc(Cl)c2)N(CC(C)C)C1=O. The van der Waals surface area contributed by atoms with Crippen LogP contribution in [0.2, 0.25) is 5.02 Å². The van der Waals surface area contributed by atoms with Crippen LogP contribution >= 0.6 is 11.6 Å². The van der Waals surface area contributed by atoms with Crippen molar-refractivity contribution in [3.63, 3.8) is 0 Å². The number of rotatable bonds is 6. The van der Waals surface area contributed by atoms with Crippen molar-refractivity contribution in [3.05, 3.63) is 34.9 Å². The van der Waals surface area contributed by atoms with Crippen LogP contribution in [0.25, 0.3) is 0 Å². The monoisotopic (exact) mass is 308 g/mol. The minimum atomic E-state index is -0.0623. The molecular formula is C17H25ClN2O. The molecule has 0 aromatic heterocycles. The summed E-state index contributed by atoms with van der Waals surface area (Å²) < 4.78 is 0. The first-order valence-electron chi connectivity index (χ1n) is 7.85. The van der Waals surface area contributed by atoms with Gasteiger partial charge in [0.1, 0.15) is 6.17 Å². The molecule has 1 aromatic carbocycles. The lowest BCUT2D eigenvalue weighted by Crippen LogP contribution is -2.34. The predicted octanol–water partition coefficient (Wildman–Crippen LogP) is 3.99. The highest BCUT2D eigenvalue weighted by atomic mass is 35.5. The summed E-state index contributed by atoms with van der Waals surface area (Å²) in [5.74, 6) is 0.671. The van der Waals surface area contributed by atoms with E-state index < -0.39 is 0 Å². The van der Waals surface area contributed by atoms with Gasteiger partial charge in [-0.05, 0) is 30.0 Å². The van der Waals surface area contributed by atoms with Crippen LogP contribution in [-0.4, -0.2) is 23.4 Å². The summed E-state index contributed by atoms with van der Waals surface area (Å²) >= 11 is 6.10. The van der Waals surface area contributed by atoms with E-state index in [1.807, 2.05) is 29.2 Å². The Bertz CT molecular complexity index is 489. The summed E-state index contributed by atoms with van der Waals surface area (Å²) in [6.45, 7) is 7.20. The number of nitrogens with one attached hydrogen (secondary N) is 1. The number of carbonyl (C=O) groups excluding carboxylic acids is 1. The second-order valence-electron chi connectivity index (χ2n) is 6.20. The Kier molecular flexibility index (Phi) is 5.65. The van der Waals surface area contributed by atoms with Crippen LogP contribution in [0, 0.1) is 5.92 Å². The van der Waals surface area contributed by atoms with Crippen LogP contribution in [0.3, 0.4) is 0 Å². The molecule has 0 spiro atoms. The maximum absolute atomic E-state index is 12.6. The number of amides is 1. The van der Waals surface area contributed by atoms with Crippen molar-refractivity contribution in [2.24, 2.45) is 5.92 Å². The molecule has 2 rings (SSSR count). The van der Waals surface area contributed by atoms with Crippen LogP contribution in [0.4, 0.5) is 0 Å². The summed E-state index contributed by atoms with van der Waals surface area (Å²) in [4.78, 5) is 14.6. The van der Waals surface area contributed by atoms with Gasteiger partial charge in [0.15, 0.2) is 0 Å². The number of carbonyl (C=O) groups is 1. The van der Waals surface area contributed by atoms with Gasteiger partial charge >= 0.3 is 0 Å². The van der Waals surface area contributed by atoms with Crippen LogP contribution in [0.1, 0.15) is 51.8 Å². The second-order valence-corrected chi connectivity index (χ2v) is 6.64. The zero-order valence-corrected chi connectivity index (χ0v) is 13.9. The van der Waals surface area contributed by atoms with Gasteiger partial charge in [0.2, 0.25) is 5.91 Å². The first-order valence-corrected chi connectivity index (χ1v) is 8.22. The van der Waals surface area contributed by atoms with Crippen molar-refractivity contribution >= 4 is 17.5 Å². The summed E-state index contributed by atoms with van der Waals surface area (Å²) in [6.07, 6.45) is 3.03. The summed E-state index contributed by atoms with van der Waals surface area (Å²) in [7, 11) is 0. The van der Waals surface area contributed by atoms with Gasteiger partial charge in [0, 0.05) is 11.6 Å². The Morgan fingerprint density at radius 1 is 1.38 bits per heavy atom. The molecule has 116 valence electrons. The molecule has 1 aliphatic rings. The zero-order chi connectivity index (χ0) is 15.4. The second kappa shape index (κ2) is 7.28. The lowest BCUT2D eigenvalue weighted by atomic mass is 10.1. The molecule has 3 nitrogen and oxygen atoms in total. The van der Waals surface area contributed by atoms with Crippen molar-refractivity contribution in [2.75, 3.05) is 6.54 Å². The van der Waals surface area contributed by atoms with E-state index in [0.29, 0.717) is 10.9 Å². The number of benzene rings is 1. The van der Waals surface area contributed by atoms with Gasteiger partial charge in [-0.2, -0.15) is 0 Å². The van der Waals surface area contributed by atoms with E-state index >= 15 is 0 Å². The minimum absolute atomic E-state index is 0.0551. The standard InChI is InChI=1S/C17H25ClN2O/c1-4-5-9-15-17(21)20(11-12(2)3)16(19-15)13-7-6-8-14(18)10-13/h6-8,10,12,15-16,19H,4-5,9,11H2,1-3H3. The molecule has 1 aromatic rings. The molecule has 4 heteroatoms. The van der Waals surface area contributed by atoms with Gasteiger partial charge < -0.3 is 4.90 Å².